The summed E-state index contributed by atoms with van der Waals surface area (Å²) >= 11 is 0. The maximum atomic E-state index is 12.7. The van der Waals surface area contributed by atoms with Gasteiger partial charge in [0.1, 0.15) is 12.4 Å². The molecule has 9 nitrogen and oxygen atoms in total. The number of hydrogen-bond donors (Lipinski definition) is 1. The third kappa shape index (κ3) is 3.66. The van der Waals surface area contributed by atoms with E-state index in [0.717, 1.165) is 28.2 Å². The molecule has 4 heterocycles. The van der Waals surface area contributed by atoms with E-state index in [4.69, 9.17) is 0 Å². The van der Waals surface area contributed by atoms with Gasteiger partial charge >= 0.3 is 0 Å². The highest BCUT2D eigenvalue weighted by Gasteiger charge is 2.18. The molecule has 0 saturated heterocycles. The van der Waals surface area contributed by atoms with Crippen LogP contribution in [0.3, 0.4) is 0 Å². The van der Waals surface area contributed by atoms with E-state index in [2.05, 4.69) is 25.6 Å². The molecule has 0 aromatic carbocycles. The smallest absolute Gasteiger partial charge is 0.247 e. The predicted octanol–water partition coefficient (Wildman–Crippen LogP) is 2.43. The van der Waals surface area contributed by atoms with Crippen LogP contribution in [0.25, 0.3) is 16.9 Å². The number of aryl methyl sites for hydroxylation is 3. The number of anilines is 1. The summed E-state index contributed by atoms with van der Waals surface area (Å²) in [6.07, 6.45) is 5.43. The van der Waals surface area contributed by atoms with Crippen molar-refractivity contribution in [2.45, 2.75) is 27.3 Å². The summed E-state index contributed by atoms with van der Waals surface area (Å²) in [7, 11) is 1.87. The van der Waals surface area contributed by atoms with Crippen molar-refractivity contribution in [2.75, 3.05) is 5.32 Å². The van der Waals surface area contributed by atoms with Crippen LogP contribution in [0.2, 0.25) is 0 Å². The molecule has 0 saturated carbocycles. The van der Waals surface area contributed by atoms with Crippen molar-refractivity contribution in [2.24, 2.45) is 7.05 Å². The molecule has 29 heavy (non-hydrogen) atoms. The van der Waals surface area contributed by atoms with Gasteiger partial charge < -0.3 is 5.32 Å². The molecule has 0 radical (unpaired) electrons. The zero-order valence-corrected chi connectivity index (χ0v) is 16.8. The lowest BCUT2D eigenvalue weighted by molar-refractivity contribution is -0.117. The minimum absolute atomic E-state index is 0.0966. The topological polar surface area (TPSA) is 95.5 Å². The van der Waals surface area contributed by atoms with E-state index in [-0.39, 0.29) is 12.5 Å². The highest BCUT2D eigenvalue weighted by atomic mass is 16.2. The molecule has 4 aromatic rings. The van der Waals surface area contributed by atoms with Crippen LogP contribution in [-0.2, 0) is 18.4 Å². The number of nitrogens with zero attached hydrogens (tertiary/aromatic N) is 7. The molecule has 4 rings (SSSR count). The number of amides is 1. The van der Waals surface area contributed by atoms with Gasteiger partial charge in [-0.2, -0.15) is 20.0 Å². The Morgan fingerprint density at radius 1 is 1.17 bits per heavy atom. The first-order valence-corrected chi connectivity index (χ1v) is 9.23. The van der Waals surface area contributed by atoms with E-state index < -0.39 is 0 Å². The van der Waals surface area contributed by atoms with E-state index in [1.54, 1.807) is 26.4 Å². The van der Waals surface area contributed by atoms with Crippen molar-refractivity contribution in [3.63, 3.8) is 0 Å². The van der Waals surface area contributed by atoms with Gasteiger partial charge in [0.2, 0.25) is 5.91 Å². The molecule has 4 aromatic heterocycles. The van der Waals surface area contributed by atoms with Gasteiger partial charge in [0, 0.05) is 42.3 Å². The Hall–Kier alpha value is -3.75. The van der Waals surface area contributed by atoms with E-state index in [1.807, 2.05) is 58.3 Å². The molecule has 0 aliphatic carbocycles. The summed E-state index contributed by atoms with van der Waals surface area (Å²) in [4.78, 5) is 17.0. The van der Waals surface area contributed by atoms with Crippen LogP contribution < -0.4 is 5.32 Å². The highest BCUT2D eigenvalue weighted by molar-refractivity contribution is 5.90. The lowest BCUT2D eigenvalue weighted by Gasteiger charge is -2.09. The van der Waals surface area contributed by atoms with Crippen LogP contribution in [0.1, 0.15) is 17.1 Å². The van der Waals surface area contributed by atoms with Crippen LogP contribution in [0.4, 0.5) is 5.82 Å². The number of carbonyl (C=O) groups is 1. The van der Waals surface area contributed by atoms with E-state index >= 15 is 0 Å². The number of rotatable bonds is 5. The number of pyridine rings is 1. The minimum atomic E-state index is -0.189. The van der Waals surface area contributed by atoms with Gasteiger partial charge in [-0.15, -0.1) is 0 Å². The molecule has 1 N–H and O–H groups in total. The predicted molar refractivity (Wildman–Crippen MR) is 109 cm³/mol. The number of carbonyl (C=O) groups excluding carboxylic acids is 1. The molecular formula is C20H22N8O. The van der Waals surface area contributed by atoms with Crippen molar-refractivity contribution in [1.82, 2.24) is 34.3 Å². The Bertz CT molecular complexity index is 1170. The standard InChI is InChI=1S/C20H22N8O/c1-13-9-18(28(24-13)17-7-5-6-8-21-17)23-19(29)12-27-15(3)20(14(2)25-27)16-10-22-26(4)11-16/h5-11H,12H2,1-4H3,(H,23,29). The molecule has 1 amide bonds. The minimum Gasteiger partial charge on any atom is -0.309 e. The van der Waals surface area contributed by atoms with Gasteiger partial charge in [-0.05, 0) is 32.9 Å². The Morgan fingerprint density at radius 2 is 2.00 bits per heavy atom. The van der Waals surface area contributed by atoms with Crippen LogP contribution in [-0.4, -0.2) is 40.2 Å². The first-order chi connectivity index (χ1) is 13.9. The monoisotopic (exact) mass is 390 g/mol. The summed E-state index contributed by atoms with van der Waals surface area (Å²) < 4.78 is 5.08. The summed E-state index contributed by atoms with van der Waals surface area (Å²) in [6, 6.07) is 7.36. The zero-order valence-electron chi connectivity index (χ0n) is 16.8. The molecule has 0 aliphatic heterocycles. The van der Waals surface area contributed by atoms with Crippen molar-refractivity contribution >= 4 is 11.7 Å². The maximum Gasteiger partial charge on any atom is 0.247 e. The fraction of sp³-hybridized carbons (Fsp3) is 0.250. The number of hydrogen-bond acceptors (Lipinski definition) is 5. The lowest BCUT2D eigenvalue weighted by atomic mass is 10.1. The molecule has 0 fully saturated rings. The molecule has 0 atom stereocenters. The van der Waals surface area contributed by atoms with Gasteiger partial charge in [0.05, 0.1) is 17.6 Å². The second-order valence-corrected chi connectivity index (χ2v) is 6.93. The van der Waals surface area contributed by atoms with Crippen molar-refractivity contribution < 1.29 is 4.79 Å². The quantitative estimate of drug-likeness (QED) is 0.565. The summed E-state index contributed by atoms with van der Waals surface area (Å²) in [6.45, 7) is 5.86. The average Bonchev–Trinajstić information content (AvgIpc) is 3.34. The molecule has 148 valence electrons. The second-order valence-electron chi connectivity index (χ2n) is 6.93. The summed E-state index contributed by atoms with van der Waals surface area (Å²) in [5.41, 5.74) is 4.55. The van der Waals surface area contributed by atoms with Crippen LogP contribution in [0, 0.1) is 20.8 Å². The van der Waals surface area contributed by atoms with Crippen LogP contribution in [0.15, 0.2) is 42.9 Å². The Labute approximate surface area is 168 Å². The molecule has 0 aliphatic rings. The van der Waals surface area contributed by atoms with Gasteiger partial charge in [0.25, 0.3) is 0 Å². The van der Waals surface area contributed by atoms with Crippen molar-refractivity contribution in [3.05, 3.63) is 59.9 Å². The van der Waals surface area contributed by atoms with E-state index in [1.165, 1.54) is 0 Å². The molecular weight excluding hydrogens is 368 g/mol. The first-order valence-electron chi connectivity index (χ1n) is 9.23. The van der Waals surface area contributed by atoms with Gasteiger partial charge in [-0.3, -0.25) is 14.2 Å². The average molecular weight is 390 g/mol. The summed E-state index contributed by atoms with van der Waals surface area (Å²) in [5.74, 6) is 1.02. The van der Waals surface area contributed by atoms with Gasteiger partial charge in [0.15, 0.2) is 5.82 Å². The Balaban J connectivity index is 1.56. The molecule has 0 bridgehead atoms. The SMILES string of the molecule is Cc1cc(NC(=O)Cn2nc(C)c(-c3cnn(C)c3)c2C)n(-c2ccccn2)n1. The fourth-order valence-electron chi connectivity index (χ4n) is 3.38. The Morgan fingerprint density at radius 3 is 2.69 bits per heavy atom. The number of nitrogens with one attached hydrogen (secondary N) is 1. The van der Waals surface area contributed by atoms with Crippen LogP contribution in [0.5, 0.6) is 0 Å². The Kier molecular flexibility index (Phi) is 4.71. The maximum absolute atomic E-state index is 12.7. The van der Waals surface area contributed by atoms with Crippen LogP contribution >= 0.6 is 0 Å². The molecule has 9 heteroatoms. The third-order valence-electron chi connectivity index (χ3n) is 4.63. The lowest BCUT2D eigenvalue weighted by Crippen LogP contribution is -2.22. The van der Waals surface area contributed by atoms with Crippen molar-refractivity contribution in [3.8, 4) is 16.9 Å². The molecule has 0 spiro atoms. The third-order valence-corrected chi connectivity index (χ3v) is 4.63. The zero-order chi connectivity index (χ0) is 20.5. The van der Waals surface area contributed by atoms with Gasteiger partial charge in [-0.25, -0.2) is 4.98 Å². The first kappa shape index (κ1) is 18.6. The largest absolute Gasteiger partial charge is 0.309 e. The van der Waals surface area contributed by atoms with E-state index in [9.17, 15) is 4.79 Å². The van der Waals surface area contributed by atoms with Crippen molar-refractivity contribution in [1.29, 1.82) is 0 Å². The van der Waals surface area contributed by atoms with E-state index in [0.29, 0.717) is 11.6 Å². The normalized spacial score (nSPS) is 11.0. The second kappa shape index (κ2) is 7.34. The number of aromatic nitrogens is 7. The fourth-order valence-corrected chi connectivity index (χ4v) is 3.38. The molecule has 0 unspecified atom stereocenters. The highest BCUT2D eigenvalue weighted by Crippen LogP contribution is 2.26. The van der Waals surface area contributed by atoms with Gasteiger partial charge in [-0.1, -0.05) is 6.07 Å². The summed E-state index contributed by atoms with van der Waals surface area (Å²) in [5, 5.41) is 16.1.